The van der Waals surface area contributed by atoms with Crippen LogP contribution in [0.3, 0.4) is 0 Å². The summed E-state index contributed by atoms with van der Waals surface area (Å²) in [6.45, 7) is 1.27. The van der Waals surface area contributed by atoms with Crippen molar-refractivity contribution in [3.05, 3.63) is 102 Å². The number of aliphatic hydroxyl groups is 1. The number of rotatable bonds is 14. The topological polar surface area (TPSA) is 119 Å². The molecule has 1 N–H and O–H groups in total. The number of aryl methyl sites for hydroxylation is 1. The number of nitrogens with zero attached hydrogens (tertiary/aromatic N) is 1. The van der Waals surface area contributed by atoms with Crippen molar-refractivity contribution in [1.29, 1.82) is 0 Å². The second-order valence-corrected chi connectivity index (χ2v) is 10.6. The van der Waals surface area contributed by atoms with E-state index in [2.05, 4.69) is 0 Å². The van der Waals surface area contributed by atoms with Crippen LogP contribution in [0.2, 0.25) is 0 Å². The molecule has 0 spiro atoms. The van der Waals surface area contributed by atoms with Crippen LogP contribution in [0.1, 0.15) is 23.1 Å². The molecule has 9 nitrogen and oxygen atoms in total. The second-order valence-electron chi connectivity index (χ2n) is 9.01. The maximum absolute atomic E-state index is 13.2. The van der Waals surface area contributed by atoms with Crippen molar-refractivity contribution in [2.45, 2.75) is 43.5 Å². The summed E-state index contributed by atoms with van der Waals surface area (Å²) >= 11 is 0. The molecule has 3 aromatic carbocycles. The minimum Gasteiger partial charge on any atom is -0.469 e. The molecule has 0 aliphatic carbocycles. The molecular formula is C29H33NO8S. The summed E-state index contributed by atoms with van der Waals surface area (Å²) in [6.07, 6.45) is -1.64. The largest absolute Gasteiger partial charge is 0.469 e. The highest BCUT2D eigenvalue weighted by Crippen LogP contribution is 2.17. The number of hydrogen-bond donors (Lipinski definition) is 1. The van der Waals surface area contributed by atoms with Gasteiger partial charge in [-0.3, -0.25) is 18.7 Å². The lowest BCUT2D eigenvalue weighted by molar-refractivity contribution is -0.157. The van der Waals surface area contributed by atoms with Crippen molar-refractivity contribution in [1.82, 2.24) is 4.90 Å². The molecule has 0 bridgehead atoms. The fourth-order valence-corrected chi connectivity index (χ4v) is 4.75. The van der Waals surface area contributed by atoms with Gasteiger partial charge < -0.3 is 14.6 Å². The molecular weight excluding hydrogens is 522 g/mol. The van der Waals surface area contributed by atoms with E-state index in [4.69, 9.17) is 13.7 Å². The number of ether oxygens (including phenoxy) is 2. The third kappa shape index (κ3) is 9.60. The summed E-state index contributed by atoms with van der Waals surface area (Å²) in [6, 6.07) is 23.3. The fourth-order valence-electron chi connectivity index (χ4n) is 3.81. The van der Waals surface area contributed by atoms with Crippen LogP contribution >= 0.6 is 0 Å². The zero-order chi connectivity index (χ0) is 28.3. The van der Waals surface area contributed by atoms with Gasteiger partial charge in [-0.15, -0.1) is 0 Å². The predicted molar refractivity (Wildman–Crippen MR) is 144 cm³/mol. The molecule has 10 heteroatoms. The van der Waals surface area contributed by atoms with Gasteiger partial charge in [0.05, 0.1) is 31.1 Å². The van der Waals surface area contributed by atoms with Crippen molar-refractivity contribution >= 4 is 22.1 Å². The van der Waals surface area contributed by atoms with Gasteiger partial charge in [0.1, 0.15) is 12.6 Å². The van der Waals surface area contributed by atoms with Crippen molar-refractivity contribution in [3.63, 3.8) is 0 Å². The first-order valence-corrected chi connectivity index (χ1v) is 13.8. The molecule has 0 saturated carbocycles. The van der Waals surface area contributed by atoms with E-state index in [9.17, 15) is 23.1 Å². The van der Waals surface area contributed by atoms with Gasteiger partial charge >= 0.3 is 11.9 Å². The Hall–Kier alpha value is -3.57. The van der Waals surface area contributed by atoms with Crippen molar-refractivity contribution < 1.29 is 36.8 Å². The third-order valence-corrected chi connectivity index (χ3v) is 7.22. The zero-order valence-corrected chi connectivity index (χ0v) is 22.8. The predicted octanol–water partition coefficient (Wildman–Crippen LogP) is 3.24. The third-order valence-electron chi connectivity index (χ3n) is 5.92. The molecule has 0 heterocycles. The maximum Gasteiger partial charge on any atom is 0.324 e. The maximum atomic E-state index is 13.2. The van der Waals surface area contributed by atoms with Crippen LogP contribution in [0.5, 0.6) is 0 Å². The lowest BCUT2D eigenvalue weighted by atomic mass is 10.1. The van der Waals surface area contributed by atoms with E-state index in [1.54, 1.807) is 29.2 Å². The van der Waals surface area contributed by atoms with E-state index < -0.39 is 40.8 Å². The summed E-state index contributed by atoms with van der Waals surface area (Å²) in [5, 5.41) is 10.8. The summed E-state index contributed by atoms with van der Waals surface area (Å²) in [4.78, 5) is 27.0. The Labute approximate surface area is 229 Å². The van der Waals surface area contributed by atoms with Crippen molar-refractivity contribution in [2.75, 3.05) is 20.3 Å². The van der Waals surface area contributed by atoms with Gasteiger partial charge in [0.2, 0.25) is 0 Å². The van der Waals surface area contributed by atoms with Gasteiger partial charge in [-0.05, 0) is 30.2 Å². The molecule has 3 rings (SSSR count). The Morgan fingerprint density at radius 2 is 1.49 bits per heavy atom. The van der Waals surface area contributed by atoms with Gasteiger partial charge in [0.15, 0.2) is 0 Å². The lowest BCUT2D eigenvalue weighted by Gasteiger charge is -2.31. The monoisotopic (exact) mass is 555 g/mol. The summed E-state index contributed by atoms with van der Waals surface area (Å²) in [7, 11) is -2.89. The number of methoxy groups -OCH3 is 1. The molecule has 3 aromatic rings. The Morgan fingerprint density at radius 3 is 2.08 bits per heavy atom. The van der Waals surface area contributed by atoms with Gasteiger partial charge in [-0.25, -0.2) is 0 Å². The number of esters is 2. The van der Waals surface area contributed by atoms with Gasteiger partial charge in [0, 0.05) is 13.1 Å². The van der Waals surface area contributed by atoms with Crippen LogP contribution < -0.4 is 0 Å². The molecule has 0 radical (unpaired) electrons. The zero-order valence-electron chi connectivity index (χ0n) is 21.9. The van der Waals surface area contributed by atoms with E-state index in [0.29, 0.717) is 0 Å². The molecule has 0 aliphatic rings. The minimum atomic E-state index is -4.11. The molecule has 208 valence electrons. The van der Waals surface area contributed by atoms with Crippen LogP contribution in [0.25, 0.3) is 0 Å². The Kier molecular flexibility index (Phi) is 11.2. The average molecular weight is 556 g/mol. The summed E-state index contributed by atoms with van der Waals surface area (Å²) in [5.41, 5.74) is 2.47. The van der Waals surface area contributed by atoms with Crippen LogP contribution in [0.4, 0.5) is 0 Å². The lowest BCUT2D eigenvalue weighted by Crippen LogP contribution is -2.47. The van der Waals surface area contributed by atoms with Crippen LogP contribution in [0.15, 0.2) is 89.8 Å². The quantitative estimate of drug-likeness (QED) is 0.236. The average Bonchev–Trinajstić information content (AvgIpc) is 2.94. The van der Waals surface area contributed by atoms with Gasteiger partial charge in [-0.1, -0.05) is 78.4 Å². The smallest absolute Gasteiger partial charge is 0.324 e. The highest BCUT2D eigenvalue weighted by atomic mass is 32.2. The Bertz CT molecular complexity index is 1300. The van der Waals surface area contributed by atoms with Gasteiger partial charge in [0.25, 0.3) is 10.1 Å². The van der Waals surface area contributed by atoms with E-state index in [-0.39, 0.29) is 31.0 Å². The molecule has 2 atom stereocenters. The molecule has 39 heavy (non-hydrogen) atoms. The number of benzene rings is 3. The highest BCUT2D eigenvalue weighted by Gasteiger charge is 2.32. The van der Waals surface area contributed by atoms with E-state index in [1.807, 2.05) is 55.5 Å². The number of carbonyl (C=O) groups is 2. The molecule has 0 amide bonds. The molecule has 0 unspecified atom stereocenters. The normalized spacial score (nSPS) is 13.0. The summed E-state index contributed by atoms with van der Waals surface area (Å²) < 4.78 is 40.6. The molecule has 0 fully saturated rings. The van der Waals surface area contributed by atoms with Gasteiger partial charge in [-0.2, -0.15) is 8.42 Å². The molecule has 0 aliphatic heterocycles. The second kappa shape index (κ2) is 14.5. The first kappa shape index (κ1) is 30.0. The van der Waals surface area contributed by atoms with E-state index >= 15 is 0 Å². The van der Waals surface area contributed by atoms with Crippen LogP contribution in [-0.2, 0) is 46.5 Å². The molecule has 0 saturated heterocycles. The van der Waals surface area contributed by atoms with Crippen molar-refractivity contribution in [3.8, 4) is 0 Å². The van der Waals surface area contributed by atoms with Crippen LogP contribution in [-0.4, -0.2) is 62.8 Å². The Balaban J connectivity index is 1.77. The standard InChI is InChI=1S/C29H33NO8S/c1-22-13-15-26(16-14-22)39(34,35)38-21-25(31)19-30(18-23-9-5-3-6-10-23)27(17-28(32)36-2)29(33)37-20-24-11-7-4-8-12-24/h3-16,25,27,31H,17-21H2,1-2H3/t25-,27-/m0/s1. The molecule has 0 aromatic heterocycles. The minimum absolute atomic E-state index is 0.00299. The van der Waals surface area contributed by atoms with Crippen molar-refractivity contribution in [2.24, 2.45) is 0 Å². The fraction of sp³-hybridized carbons (Fsp3) is 0.310. The Morgan fingerprint density at radius 1 is 0.897 bits per heavy atom. The summed E-state index contributed by atoms with van der Waals surface area (Å²) in [5.74, 6) is -1.32. The highest BCUT2D eigenvalue weighted by molar-refractivity contribution is 7.86. The van der Waals surface area contributed by atoms with E-state index in [1.165, 1.54) is 19.2 Å². The first-order valence-electron chi connectivity index (χ1n) is 12.4. The number of carbonyl (C=O) groups excluding carboxylic acids is 2. The number of hydrogen-bond acceptors (Lipinski definition) is 9. The first-order chi connectivity index (χ1) is 18.7. The number of aliphatic hydroxyl groups excluding tert-OH is 1. The van der Waals surface area contributed by atoms with E-state index in [0.717, 1.165) is 16.7 Å². The SMILES string of the molecule is COC(=O)C[C@@H](C(=O)OCc1ccccc1)N(Cc1ccccc1)C[C@H](O)COS(=O)(=O)c1ccc(C)cc1. The van der Waals surface area contributed by atoms with Crippen LogP contribution in [0, 0.1) is 6.92 Å².